The summed E-state index contributed by atoms with van der Waals surface area (Å²) in [6, 6.07) is 11.1. The first-order valence-corrected chi connectivity index (χ1v) is 7.19. The van der Waals surface area contributed by atoms with Crippen LogP contribution in [0.4, 0.5) is 5.69 Å². The zero-order valence-electron chi connectivity index (χ0n) is 11.4. The van der Waals surface area contributed by atoms with Crippen molar-refractivity contribution in [1.29, 1.82) is 0 Å². The normalized spacial score (nSPS) is 23.2. The van der Waals surface area contributed by atoms with Gasteiger partial charge in [0.15, 0.2) is 0 Å². The minimum Gasteiger partial charge on any atom is -0.382 e. The van der Waals surface area contributed by atoms with Crippen LogP contribution < -0.4 is 5.32 Å². The van der Waals surface area contributed by atoms with E-state index in [1.54, 1.807) is 6.20 Å². The van der Waals surface area contributed by atoms with Crippen LogP contribution in [0.3, 0.4) is 0 Å². The van der Waals surface area contributed by atoms with Crippen LogP contribution in [-0.2, 0) is 0 Å². The number of rotatable bonds is 3. The van der Waals surface area contributed by atoms with Gasteiger partial charge in [-0.2, -0.15) is 5.10 Å². The van der Waals surface area contributed by atoms with Gasteiger partial charge in [0.2, 0.25) is 0 Å². The lowest BCUT2D eigenvalue weighted by atomic mass is 9.86. The smallest absolute Gasteiger partial charge is 0.0647 e. The van der Waals surface area contributed by atoms with Gasteiger partial charge < -0.3 is 5.32 Å². The van der Waals surface area contributed by atoms with Crippen LogP contribution in [0.5, 0.6) is 0 Å². The molecular formula is C16H21N3. The van der Waals surface area contributed by atoms with Gasteiger partial charge in [-0.05, 0) is 49.1 Å². The first-order valence-electron chi connectivity index (χ1n) is 7.19. The summed E-state index contributed by atoms with van der Waals surface area (Å²) in [5.41, 5.74) is 2.32. The Labute approximate surface area is 114 Å². The molecule has 1 aromatic heterocycles. The number of aromatic nitrogens is 2. The van der Waals surface area contributed by atoms with Crippen molar-refractivity contribution in [2.45, 2.75) is 38.6 Å². The topological polar surface area (TPSA) is 29.9 Å². The van der Waals surface area contributed by atoms with Crippen molar-refractivity contribution in [3.8, 4) is 5.69 Å². The number of anilines is 1. The third-order valence-corrected chi connectivity index (χ3v) is 4.10. The molecular weight excluding hydrogens is 234 g/mol. The number of benzene rings is 1. The summed E-state index contributed by atoms with van der Waals surface area (Å²) in [6.07, 6.45) is 9.15. The molecule has 0 spiro atoms. The van der Waals surface area contributed by atoms with E-state index in [1.165, 1.54) is 31.4 Å². The predicted octanol–water partition coefficient (Wildman–Crippen LogP) is 3.86. The van der Waals surface area contributed by atoms with E-state index >= 15 is 0 Å². The Morgan fingerprint density at radius 1 is 1.16 bits per heavy atom. The fourth-order valence-electron chi connectivity index (χ4n) is 2.88. The van der Waals surface area contributed by atoms with E-state index in [0.29, 0.717) is 6.04 Å². The van der Waals surface area contributed by atoms with E-state index in [2.05, 4.69) is 41.6 Å². The molecule has 3 heteroatoms. The van der Waals surface area contributed by atoms with Crippen LogP contribution in [0.25, 0.3) is 5.69 Å². The molecule has 19 heavy (non-hydrogen) atoms. The summed E-state index contributed by atoms with van der Waals surface area (Å²) in [4.78, 5) is 0. The van der Waals surface area contributed by atoms with Gasteiger partial charge in [0.05, 0.1) is 5.69 Å². The molecule has 2 atom stereocenters. The van der Waals surface area contributed by atoms with Gasteiger partial charge in [0.1, 0.15) is 0 Å². The number of nitrogens with one attached hydrogen (secondary N) is 1. The maximum absolute atomic E-state index is 4.24. The molecule has 0 aliphatic heterocycles. The van der Waals surface area contributed by atoms with E-state index in [4.69, 9.17) is 0 Å². The van der Waals surface area contributed by atoms with Crippen LogP contribution in [0.2, 0.25) is 0 Å². The van der Waals surface area contributed by atoms with Gasteiger partial charge in [-0.15, -0.1) is 0 Å². The summed E-state index contributed by atoms with van der Waals surface area (Å²) < 4.78 is 1.88. The number of hydrogen-bond donors (Lipinski definition) is 1. The third-order valence-electron chi connectivity index (χ3n) is 4.10. The fourth-order valence-corrected chi connectivity index (χ4v) is 2.88. The molecule has 0 bridgehead atoms. The van der Waals surface area contributed by atoms with Crippen LogP contribution >= 0.6 is 0 Å². The Morgan fingerprint density at radius 3 is 2.63 bits per heavy atom. The van der Waals surface area contributed by atoms with Gasteiger partial charge in [0.25, 0.3) is 0 Å². The second-order valence-corrected chi connectivity index (χ2v) is 5.51. The Bertz CT molecular complexity index is 501. The molecule has 0 saturated heterocycles. The summed E-state index contributed by atoms with van der Waals surface area (Å²) in [5.74, 6) is 0.777. The minimum absolute atomic E-state index is 0.629. The Hall–Kier alpha value is -1.77. The average Bonchev–Trinajstić information content (AvgIpc) is 2.96. The van der Waals surface area contributed by atoms with Gasteiger partial charge in [-0.25, -0.2) is 4.68 Å². The number of nitrogens with zero attached hydrogens (tertiary/aromatic N) is 2. The Balaban J connectivity index is 1.69. The molecule has 1 N–H and O–H groups in total. The Kier molecular flexibility index (Phi) is 3.53. The van der Waals surface area contributed by atoms with E-state index in [-0.39, 0.29) is 0 Å². The second-order valence-electron chi connectivity index (χ2n) is 5.51. The van der Waals surface area contributed by atoms with E-state index in [1.807, 2.05) is 16.9 Å². The third kappa shape index (κ3) is 2.80. The van der Waals surface area contributed by atoms with Crippen LogP contribution in [0, 0.1) is 5.92 Å². The molecule has 0 amide bonds. The molecule has 0 radical (unpaired) electrons. The molecule has 1 fully saturated rings. The first kappa shape index (κ1) is 12.3. The van der Waals surface area contributed by atoms with Crippen LogP contribution in [0.15, 0.2) is 42.7 Å². The minimum atomic E-state index is 0.629. The molecule has 1 saturated carbocycles. The molecule has 1 heterocycles. The SMILES string of the molecule is CC1CCCCC1Nc1ccc(-n2cccn2)cc1. The maximum Gasteiger partial charge on any atom is 0.0647 e. The Morgan fingerprint density at radius 2 is 1.95 bits per heavy atom. The van der Waals surface area contributed by atoms with E-state index in [0.717, 1.165) is 11.6 Å². The van der Waals surface area contributed by atoms with Crippen molar-refractivity contribution < 1.29 is 0 Å². The molecule has 3 nitrogen and oxygen atoms in total. The van der Waals surface area contributed by atoms with Crippen molar-refractivity contribution in [1.82, 2.24) is 9.78 Å². The highest BCUT2D eigenvalue weighted by atomic mass is 15.3. The van der Waals surface area contributed by atoms with Gasteiger partial charge in [-0.1, -0.05) is 19.8 Å². The zero-order valence-corrected chi connectivity index (χ0v) is 11.4. The summed E-state index contributed by atoms with van der Waals surface area (Å²) in [7, 11) is 0. The molecule has 1 aliphatic carbocycles. The molecule has 100 valence electrons. The van der Waals surface area contributed by atoms with Crippen LogP contribution in [0.1, 0.15) is 32.6 Å². The lowest BCUT2D eigenvalue weighted by Gasteiger charge is -2.30. The quantitative estimate of drug-likeness (QED) is 0.902. The van der Waals surface area contributed by atoms with E-state index in [9.17, 15) is 0 Å². The highest BCUT2D eigenvalue weighted by molar-refractivity contribution is 5.49. The van der Waals surface area contributed by atoms with E-state index < -0.39 is 0 Å². The standard InChI is InChI=1S/C16H21N3/c1-13-5-2-3-6-16(13)18-14-7-9-15(10-8-14)19-12-4-11-17-19/h4,7-13,16,18H,2-3,5-6H2,1H3. The molecule has 2 unspecified atom stereocenters. The molecule has 3 rings (SSSR count). The molecule has 2 aromatic rings. The highest BCUT2D eigenvalue weighted by Gasteiger charge is 2.20. The van der Waals surface area contributed by atoms with Crippen molar-refractivity contribution in [3.63, 3.8) is 0 Å². The van der Waals surface area contributed by atoms with Crippen LogP contribution in [-0.4, -0.2) is 15.8 Å². The second kappa shape index (κ2) is 5.47. The predicted molar refractivity (Wildman–Crippen MR) is 78.6 cm³/mol. The lowest BCUT2D eigenvalue weighted by Crippen LogP contribution is -2.30. The average molecular weight is 255 g/mol. The highest BCUT2D eigenvalue weighted by Crippen LogP contribution is 2.27. The molecule has 1 aliphatic rings. The fraction of sp³-hybridized carbons (Fsp3) is 0.438. The van der Waals surface area contributed by atoms with Gasteiger partial charge in [-0.3, -0.25) is 0 Å². The van der Waals surface area contributed by atoms with Gasteiger partial charge >= 0.3 is 0 Å². The maximum atomic E-state index is 4.24. The summed E-state index contributed by atoms with van der Waals surface area (Å²) in [6.45, 7) is 2.36. The zero-order chi connectivity index (χ0) is 13.1. The van der Waals surface area contributed by atoms with Crippen molar-refractivity contribution in [2.75, 3.05) is 5.32 Å². The van der Waals surface area contributed by atoms with Crippen molar-refractivity contribution >= 4 is 5.69 Å². The molecule has 1 aromatic carbocycles. The van der Waals surface area contributed by atoms with Crippen molar-refractivity contribution in [3.05, 3.63) is 42.7 Å². The summed E-state index contributed by atoms with van der Waals surface area (Å²) >= 11 is 0. The first-order chi connectivity index (χ1) is 9.33. The van der Waals surface area contributed by atoms with Gasteiger partial charge in [0, 0.05) is 24.1 Å². The largest absolute Gasteiger partial charge is 0.382 e. The number of hydrogen-bond acceptors (Lipinski definition) is 2. The lowest BCUT2D eigenvalue weighted by molar-refractivity contribution is 0.349. The monoisotopic (exact) mass is 255 g/mol. The summed E-state index contributed by atoms with van der Waals surface area (Å²) in [5, 5.41) is 7.91. The van der Waals surface area contributed by atoms with Crippen molar-refractivity contribution in [2.24, 2.45) is 5.92 Å².